The molecule has 2 nitrogen and oxygen atoms in total. The Balaban J connectivity index is 1.78. The first kappa shape index (κ1) is 11.7. The van der Waals surface area contributed by atoms with Gasteiger partial charge in [0, 0.05) is 18.7 Å². The summed E-state index contributed by atoms with van der Waals surface area (Å²) in [5, 5.41) is 3.81. The van der Waals surface area contributed by atoms with Gasteiger partial charge in [0.1, 0.15) is 0 Å². The molecule has 2 atom stereocenters. The molecule has 0 saturated carbocycles. The predicted octanol–water partition coefficient (Wildman–Crippen LogP) is 2.43. The first-order valence-corrected chi connectivity index (χ1v) is 7.51. The minimum atomic E-state index is 0.490. The summed E-state index contributed by atoms with van der Waals surface area (Å²) >= 11 is 2.09. The van der Waals surface area contributed by atoms with Gasteiger partial charge in [0.05, 0.1) is 6.10 Å². The smallest absolute Gasteiger partial charge is 0.0728 e. The Morgan fingerprint density at radius 2 is 2.13 bits per heavy atom. The third-order valence-corrected chi connectivity index (χ3v) is 4.57. The fourth-order valence-electron chi connectivity index (χ4n) is 2.57. The average molecular weight is 229 g/mol. The lowest BCUT2D eigenvalue weighted by molar-refractivity contribution is 0.0722. The molecule has 2 aliphatic rings. The van der Waals surface area contributed by atoms with Crippen molar-refractivity contribution in [2.75, 3.05) is 18.1 Å². The molecule has 0 aromatic carbocycles. The topological polar surface area (TPSA) is 21.3 Å². The fraction of sp³-hybridized carbons (Fsp3) is 1.00. The van der Waals surface area contributed by atoms with Gasteiger partial charge in [-0.2, -0.15) is 11.8 Å². The first-order chi connectivity index (χ1) is 7.40. The second-order valence-electron chi connectivity index (χ2n) is 4.62. The molecule has 2 fully saturated rings. The van der Waals surface area contributed by atoms with Gasteiger partial charge in [0.2, 0.25) is 0 Å². The maximum absolute atomic E-state index is 5.78. The number of nitrogens with one attached hydrogen (secondary N) is 1. The molecule has 0 radical (unpaired) electrons. The molecule has 15 heavy (non-hydrogen) atoms. The van der Waals surface area contributed by atoms with E-state index in [0.29, 0.717) is 12.1 Å². The monoisotopic (exact) mass is 229 g/mol. The van der Waals surface area contributed by atoms with Crippen LogP contribution in [0.5, 0.6) is 0 Å². The summed E-state index contributed by atoms with van der Waals surface area (Å²) in [5.74, 6) is 2.67. The van der Waals surface area contributed by atoms with E-state index >= 15 is 0 Å². The lowest BCUT2D eigenvalue weighted by Gasteiger charge is -2.30. The molecule has 1 N–H and O–H groups in total. The summed E-state index contributed by atoms with van der Waals surface area (Å²) < 4.78 is 5.78. The maximum Gasteiger partial charge on any atom is 0.0728 e. The van der Waals surface area contributed by atoms with Crippen LogP contribution in [0.15, 0.2) is 0 Å². The van der Waals surface area contributed by atoms with Crippen LogP contribution in [0.3, 0.4) is 0 Å². The van der Waals surface area contributed by atoms with Crippen LogP contribution in [0.2, 0.25) is 0 Å². The largest absolute Gasteiger partial charge is 0.377 e. The third kappa shape index (κ3) is 3.36. The van der Waals surface area contributed by atoms with Crippen LogP contribution < -0.4 is 5.32 Å². The number of hydrogen-bond donors (Lipinski definition) is 1. The molecular formula is C12H23NOS. The lowest BCUT2D eigenvalue weighted by Crippen LogP contribution is -2.46. The molecule has 2 aliphatic heterocycles. The van der Waals surface area contributed by atoms with Crippen molar-refractivity contribution in [2.45, 2.75) is 57.2 Å². The van der Waals surface area contributed by atoms with E-state index in [1.165, 1.54) is 43.6 Å². The van der Waals surface area contributed by atoms with Crippen molar-refractivity contribution >= 4 is 11.8 Å². The molecular weight excluding hydrogens is 206 g/mol. The zero-order chi connectivity index (χ0) is 10.5. The van der Waals surface area contributed by atoms with E-state index in [-0.39, 0.29) is 0 Å². The number of hydrogen-bond acceptors (Lipinski definition) is 3. The number of thioether (sulfide) groups is 1. The summed E-state index contributed by atoms with van der Waals surface area (Å²) in [6.07, 6.45) is 6.89. The Labute approximate surface area is 97.5 Å². The Bertz CT molecular complexity index is 176. The molecule has 3 heteroatoms. The Morgan fingerprint density at radius 3 is 2.73 bits per heavy atom. The van der Waals surface area contributed by atoms with Crippen LogP contribution in [0, 0.1) is 0 Å². The molecule has 0 aromatic rings. The molecule has 88 valence electrons. The molecule has 0 bridgehead atoms. The lowest BCUT2D eigenvalue weighted by atomic mass is 10.0. The second-order valence-corrected chi connectivity index (χ2v) is 5.84. The van der Waals surface area contributed by atoms with Gasteiger partial charge in [0.25, 0.3) is 0 Å². The SMILES string of the molecule is CC[C@H](NC1CCSCC1)[C@@H]1CCCO1. The van der Waals surface area contributed by atoms with Crippen LogP contribution in [-0.2, 0) is 4.74 Å². The third-order valence-electron chi connectivity index (χ3n) is 3.52. The highest BCUT2D eigenvalue weighted by Crippen LogP contribution is 2.21. The van der Waals surface area contributed by atoms with Gasteiger partial charge in [-0.3, -0.25) is 0 Å². The molecule has 0 spiro atoms. The Hall–Kier alpha value is 0.270. The minimum Gasteiger partial charge on any atom is -0.377 e. The van der Waals surface area contributed by atoms with E-state index < -0.39 is 0 Å². The van der Waals surface area contributed by atoms with Crippen molar-refractivity contribution < 1.29 is 4.74 Å². The van der Waals surface area contributed by atoms with Gasteiger partial charge >= 0.3 is 0 Å². The van der Waals surface area contributed by atoms with Gasteiger partial charge in [-0.15, -0.1) is 0 Å². The van der Waals surface area contributed by atoms with E-state index in [1.807, 2.05) is 0 Å². The molecule has 2 rings (SSSR count). The molecule has 0 aromatic heterocycles. The van der Waals surface area contributed by atoms with Crippen molar-refractivity contribution in [2.24, 2.45) is 0 Å². The Kier molecular flexibility index (Phi) is 4.79. The van der Waals surface area contributed by atoms with Gasteiger partial charge < -0.3 is 10.1 Å². The van der Waals surface area contributed by atoms with Gasteiger partial charge in [-0.05, 0) is 43.6 Å². The average Bonchev–Trinajstić information content (AvgIpc) is 2.81. The van der Waals surface area contributed by atoms with Gasteiger partial charge in [0.15, 0.2) is 0 Å². The van der Waals surface area contributed by atoms with E-state index in [2.05, 4.69) is 24.0 Å². The van der Waals surface area contributed by atoms with Crippen molar-refractivity contribution in [3.63, 3.8) is 0 Å². The summed E-state index contributed by atoms with van der Waals surface area (Å²) in [4.78, 5) is 0. The van der Waals surface area contributed by atoms with E-state index in [4.69, 9.17) is 4.74 Å². The molecule has 2 heterocycles. The van der Waals surface area contributed by atoms with Gasteiger partial charge in [-0.1, -0.05) is 6.92 Å². The highest BCUT2D eigenvalue weighted by Gasteiger charge is 2.26. The zero-order valence-electron chi connectivity index (χ0n) is 9.71. The van der Waals surface area contributed by atoms with Crippen LogP contribution in [0.4, 0.5) is 0 Å². The predicted molar refractivity (Wildman–Crippen MR) is 66.5 cm³/mol. The first-order valence-electron chi connectivity index (χ1n) is 6.35. The molecule has 2 saturated heterocycles. The minimum absolute atomic E-state index is 0.490. The maximum atomic E-state index is 5.78. The van der Waals surface area contributed by atoms with Crippen molar-refractivity contribution in [3.8, 4) is 0 Å². The normalized spacial score (nSPS) is 30.6. The summed E-state index contributed by atoms with van der Waals surface area (Å²) in [6, 6.07) is 1.35. The summed E-state index contributed by atoms with van der Waals surface area (Å²) in [6.45, 7) is 3.25. The molecule has 0 unspecified atom stereocenters. The second kappa shape index (κ2) is 6.12. The highest BCUT2D eigenvalue weighted by atomic mass is 32.2. The number of rotatable bonds is 4. The van der Waals surface area contributed by atoms with Crippen molar-refractivity contribution in [1.82, 2.24) is 5.32 Å². The fourth-order valence-corrected chi connectivity index (χ4v) is 3.68. The van der Waals surface area contributed by atoms with Crippen molar-refractivity contribution in [1.29, 1.82) is 0 Å². The summed E-state index contributed by atoms with van der Waals surface area (Å²) in [5.41, 5.74) is 0. The standard InChI is InChI=1S/C12H23NOS/c1-2-11(12-4-3-7-14-12)13-10-5-8-15-9-6-10/h10-13H,2-9H2,1H3/t11-,12-/m0/s1. The summed E-state index contributed by atoms with van der Waals surface area (Å²) in [7, 11) is 0. The van der Waals surface area contributed by atoms with Crippen LogP contribution >= 0.6 is 11.8 Å². The van der Waals surface area contributed by atoms with Crippen LogP contribution in [0.25, 0.3) is 0 Å². The van der Waals surface area contributed by atoms with E-state index in [0.717, 1.165) is 12.6 Å². The highest BCUT2D eigenvalue weighted by molar-refractivity contribution is 7.99. The number of ether oxygens (including phenoxy) is 1. The van der Waals surface area contributed by atoms with Crippen molar-refractivity contribution in [3.05, 3.63) is 0 Å². The zero-order valence-corrected chi connectivity index (χ0v) is 10.5. The molecule has 0 amide bonds. The molecule has 0 aliphatic carbocycles. The van der Waals surface area contributed by atoms with E-state index in [1.54, 1.807) is 0 Å². The van der Waals surface area contributed by atoms with Crippen LogP contribution in [0.1, 0.15) is 39.0 Å². The Morgan fingerprint density at radius 1 is 1.33 bits per heavy atom. The quantitative estimate of drug-likeness (QED) is 0.800. The van der Waals surface area contributed by atoms with E-state index in [9.17, 15) is 0 Å². The van der Waals surface area contributed by atoms with Gasteiger partial charge in [-0.25, -0.2) is 0 Å². The van der Waals surface area contributed by atoms with Crippen LogP contribution in [-0.4, -0.2) is 36.3 Å².